The molecule has 0 aromatic heterocycles. The van der Waals surface area contributed by atoms with Crippen LogP contribution >= 0.6 is 0 Å². The van der Waals surface area contributed by atoms with Crippen molar-refractivity contribution in [2.24, 2.45) is 5.73 Å². The molecule has 1 fully saturated rings. The molecule has 0 spiro atoms. The van der Waals surface area contributed by atoms with Crippen LogP contribution in [0.4, 0.5) is 0 Å². The summed E-state index contributed by atoms with van der Waals surface area (Å²) in [5, 5.41) is 0. The Morgan fingerprint density at radius 1 is 1.80 bits per heavy atom. The summed E-state index contributed by atoms with van der Waals surface area (Å²) in [7, 11) is 1.79. The van der Waals surface area contributed by atoms with Crippen molar-refractivity contribution in [1.82, 2.24) is 4.90 Å². The van der Waals surface area contributed by atoms with E-state index in [-0.39, 0.29) is 18.1 Å². The second kappa shape index (κ2) is 5.28. The lowest BCUT2D eigenvalue weighted by Crippen LogP contribution is -2.48. The van der Waals surface area contributed by atoms with Crippen molar-refractivity contribution in [1.29, 1.82) is 0 Å². The normalized spacial score (nSPS) is 27.4. The monoisotopic (exact) mass is 212 g/mol. The van der Waals surface area contributed by atoms with Crippen molar-refractivity contribution in [2.45, 2.75) is 38.0 Å². The van der Waals surface area contributed by atoms with Crippen molar-refractivity contribution in [3.05, 3.63) is 12.7 Å². The van der Waals surface area contributed by atoms with Crippen LogP contribution in [0.15, 0.2) is 12.7 Å². The smallest absolute Gasteiger partial charge is 0.239 e. The van der Waals surface area contributed by atoms with Gasteiger partial charge < -0.3 is 15.4 Å². The van der Waals surface area contributed by atoms with E-state index in [1.807, 2.05) is 6.92 Å². The number of ether oxygens (including phenoxy) is 1. The van der Waals surface area contributed by atoms with Gasteiger partial charge in [-0.3, -0.25) is 4.79 Å². The summed E-state index contributed by atoms with van der Waals surface area (Å²) in [4.78, 5) is 13.6. The van der Waals surface area contributed by atoms with E-state index in [2.05, 4.69) is 6.58 Å². The van der Waals surface area contributed by atoms with Gasteiger partial charge in [-0.05, 0) is 19.8 Å². The lowest BCUT2D eigenvalue weighted by Gasteiger charge is -2.28. The van der Waals surface area contributed by atoms with Crippen molar-refractivity contribution >= 4 is 5.91 Å². The molecule has 0 saturated carbocycles. The first kappa shape index (κ1) is 12.2. The summed E-state index contributed by atoms with van der Waals surface area (Å²) < 4.78 is 5.42. The SMILES string of the molecule is C=CCC(N)C(=O)N(C)C1CCOC1C. The first-order valence-electron chi connectivity index (χ1n) is 5.32. The van der Waals surface area contributed by atoms with Gasteiger partial charge in [0.1, 0.15) is 0 Å². The van der Waals surface area contributed by atoms with Crippen LogP contribution in [0.1, 0.15) is 19.8 Å². The molecule has 1 aliphatic rings. The zero-order valence-electron chi connectivity index (χ0n) is 9.48. The molecule has 0 aromatic rings. The van der Waals surface area contributed by atoms with Crippen LogP contribution in [0, 0.1) is 0 Å². The van der Waals surface area contributed by atoms with E-state index in [4.69, 9.17) is 10.5 Å². The summed E-state index contributed by atoms with van der Waals surface area (Å²) in [6.07, 6.45) is 3.19. The standard InChI is InChI=1S/C11H20N2O2/c1-4-5-9(12)11(14)13(3)10-6-7-15-8(10)2/h4,8-10H,1,5-7,12H2,2-3H3. The van der Waals surface area contributed by atoms with Gasteiger partial charge in [0, 0.05) is 13.7 Å². The Morgan fingerprint density at radius 3 is 2.93 bits per heavy atom. The van der Waals surface area contributed by atoms with Gasteiger partial charge in [-0.15, -0.1) is 6.58 Å². The molecule has 0 aliphatic carbocycles. The van der Waals surface area contributed by atoms with Gasteiger partial charge in [0.15, 0.2) is 0 Å². The van der Waals surface area contributed by atoms with Crippen LogP contribution in [-0.2, 0) is 9.53 Å². The van der Waals surface area contributed by atoms with Crippen molar-refractivity contribution < 1.29 is 9.53 Å². The largest absolute Gasteiger partial charge is 0.376 e. The molecule has 4 nitrogen and oxygen atoms in total. The first-order chi connectivity index (χ1) is 7.07. The van der Waals surface area contributed by atoms with Crippen molar-refractivity contribution in [2.75, 3.05) is 13.7 Å². The van der Waals surface area contributed by atoms with E-state index in [0.29, 0.717) is 6.42 Å². The van der Waals surface area contributed by atoms with Crippen molar-refractivity contribution in [3.63, 3.8) is 0 Å². The van der Waals surface area contributed by atoms with Gasteiger partial charge in [0.05, 0.1) is 18.2 Å². The van der Waals surface area contributed by atoms with Crippen LogP contribution < -0.4 is 5.73 Å². The van der Waals surface area contributed by atoms with E-state index in [1.165, 1.54) is 0 Å². The van der Waals surface area contributed by atoms with Crippen LogP contribution in [0.2, 0.25) is 0 Å². The van der Waals surface area contributed by atoms with Gasteiger partial charge in [0.2, 0.25) is 5.91 Å². The summed E-state index contributed by atoms with van der Waals surface area (Å²) in [5.74, 6) is -0.0303. The van der Waals surface area contributed by atoms with E-state index in [0.717, 1.165) is 13.0 Å². The summed E-state index contributed by atoms with van der Waals surface area (Å²) in [5.41, 5.74) is 5.74. The summed E-state index contributed by atoms with van der Waals surface area (Å²) >= 11 is 0. The Morgan fingerprint density at radius 2 is 2.47 bits per heavy atom. The average Bonchev–Trinajstić information content (AvgIpc) is 2.62. The molecule has 2 N–H and O–H groups in total. The molecule has 4 heteroatoms. The second-order valence-corrected chi connectivity index (χ2v) is 4.01. The maximum Gasteiger partial charge on any atom is 0.239 e. The molecular weight excluding hydrogens is 192 g/mol. The molecule has 1 saturated heterocycles. The topological polar surface area (TPSA) is 55.6 Å². The quantitative estimate of drug-likeness (QED) is 0.691. The number of rotatable bonds is 4. The Balaban J connectivity index is 2.55. The number of hydrogen-bond acceptors (Lipinski definition) is 3. The number of amides is 1. The minimum absolute atomic E-state index is 0.0303. The maximum atomic E-state index is 11.9. The first-order valence-corrected chi connectivity index (χ1v) is 5.32. The Bertz CT molecular complexity index is 243. The van der Waals surface area contributed by atoms with Gasteiger partial charge in [-0.1, -0.05) is 6.08 Å². The minimum Gasteiger partial charge on any atom is -0.376 e. The number of hydrogen-bond donors (Lipinski definition) is 1. The Hall–Kier alpha value is -0.870. The lowest BCUT2D eigenvalue weighted by atomic mass is 10.1. The van der Waals surface area contributed by atoms with E-state index < -0.39 is 6.04 Å². The maximum absolute atomic E-state index is 11.9. The van der Waals surface area contributed by atoms with E-state index in [1.54, 1.807) is 18.0 Å². The number of nitrogens with two attached hydrogens (primary N) is 1. The predicted molar refractivity (Wildman–Crippen MR) is 59.4 cm³/mol. The molecule has 0 radical (unpaired) electrons. The average molecular weight is 212 g/mol. The van der Waals surface area contributed by atoms with Gasteiger partial charge in [-0.2, -0.15) is 0 Å². The molecule has 86 valence electrons. The molecule has 0 bridgehead atoms. The molecule has 1 amide bonds. The molecule has 0 aromatic carbocycles. The zero-order valence-corrected chi connectivity index (χ0v) is 9.48. The van der Waals surface area contributed by atoms with Crippen LogP contribution in [0.5, 0.6) is 0 Å². The van der Waals surface area contributed by atoms with E-state index in [9.17, 15) is 4.79 Å². The minimum atomic E-state index is -0.472. The third-order valence-electron chi connectivity index (χ3n) is 2.92. The van der Waals surface area contributed by atoms with E-state index >= 15 is 0 Å². The van der Waals surface area contributed by atoms with Crippen LogP contribution in [0.25, 0.3) is 0 Å². The molecule has 3 unspecified atom stereocenters. The number of likely N-dealkylation sites (N-methyl/N-ethyl adjacent to an activating group) is 1. The number of carbonyl (C=O) groups excluding carboxylic acids is 1. The van der Waals surface area contributed by atoms with Gasteiger partial charge in [0.25, 0.3) is 0 Å². The fourth-order valence-corrected chi connectivity index (χ4v) is 1.93. The second-order valence-electron chi connectivity index (χ2n) is 4.01. The van der Waals surface area contributed by atoms with Gasteiger partial charge >= 0.3 is 0 Å². The molecule has 1 rings (SSSR count). The molecule has 1 aliphatic heterocycles. The third-order valence-corrected chi connectivity index (χ3v) is 2.92. The van der Waals surface area contributed by atoms with Crippen LogP contribution in [-0.4, -0.2) is 42.6 Å². The zero-order chi connectivity index (χ0) is 11.4. The molecule has 1 heterocycles. The fraction of sp³-hybridized carbons (Fsp3) is 0.727. The highest BCUT2D eigenvalue weighted by Crippen LogP contribution is 2.18. The number of carbonyl (C=O) groups is 1. The summed E-state index contributed by atoms with van der Waals surface area (Å²) in [6.45, 7) is 6.29. The molecular formula is C11H20N2O2. The van der Waals surface area contributed by atoms with Gasteiger partial charge in [-0.25, -0.2) is 0 Å². The number of nitrogens with zero attached hydrogens (tertiary/aromatic N) is 1. The highest BCUT2D eigenvalue weighted by atomic mass is 16.5. The molecule has 3 atom stereocenters. The summed E-state index contributed by atoms with van der Waals surface area (Å²) in [6, 6.07) is -0.311. The lowest BCUT2D eigenvalue weighted by molar-refractivity contribution is -0.134. The highest BCUT2D eigenvalue weighted by molar-refractivity contribution is 5.81. The molecule has 15 heavy (non-hydrogen) atoms. The predicted octanol–water partition coefficient (Wildman–Crippen LogP) is 0.526. The van der Waals surface area contributed by atoms with Crippen molar-refractivity contribution in [3.8, 4) is 0 Å². The highest BCUT2D eigenvalue weighted by Gasteiger charge is 2.32. The van der Waals surface area contributed by atoms with Crippen LogP contribution in [0.3, 0.4) is 0 Å². The fourth-order valence-electron chi connectivity index (χ4n) is 1.93. The third kappa shape index (κ3) is 2.79. The Kier molecular flexibility index (Phi) is 4.29. The Labute approximate surface area is 91.1 Å².